The van der Waals surface area contributed by atoms with Crippen LogP contribution < -0.4 is 0 Å². The van der Waals surface area contributed by atoms with Crippen LogP contribution in [0, 0.1) is 81.8 Å². The molecule has 3 aliphatic rings. The summed E-state index contributed by atoms with van der Waals surface area (Å²) < 4.78 is 0. The molecule has 0 unspecified atom stereocenters. The average molecular weight is 460 g/mol. The second-order valence-corrected chi connectivity index (χ2v) is 7.95. The molecule has 1 aromatic rings. The van der Waals surface area contributed by atoms with Crippen LogP contribution in [0.15, 0.2) is 41.5 Å². The number of hydrogen-bond donors (Lipinski definition) is 0. The van der Waals surface area contributed by atoms with Gasteiger partial charge in [0, 0.05) is 0 Å². The van der Waals surface area contributed by atoms with Gasteiger partial charge in [-0.3, -0.25) is 11.1 Å². The standard InChI is InChI=1S/C18H22.2C5H5.Zr/c1-18(2,3)14-17-12-8-7-11-16(17)13-15-9-5-4-6-10-15;2*1-2-4-5-3-1;/h4-6,9-10H,7-8,11-12H2,1-3H3;2*1-5H;/q-2;;;+2. The maximum Gasteiger partial charge on any atom is 2.00 e. The predicted octanol–water partition coefficient (Wildman–Crippen LogP) is 7.15. The van der Waals surface area contributed by atoms with E-state index in [-0.39, 0.29) is 31.6 Å². The van der Waals surface area contributed by atoms with Gasteiger partial charge in [0.15, 0.2) is 0 Å². The Labute approximate surface area is 200 Å². The first-order valence-electron chi connectivity index (χ1n) is 10.2. The summed E-state index contributed by atoms with van der Waals surface area (Å²) in [7, 11) is 0. The Hall–Kier alpha value is -0.417. The van der Waals surface area contributed by atoms with Crippen molar-refractivity contribution in [2.75, 3.05) is 0 Å². The summed E-state index contributed by atoms with van der Waals surface area (Å²) in [5.74, 6) is 0. The fourth-order valence-electron chi connectivity index (χ4n) is 2.97. The molecule has 0 aliphatic heterocycles. The van der Waals surface area contributed by atoms with Crippen LogP contribution in [0.1, 0.15) is 52.0 Å². The molecule has 0 heterocycles. The van der Waals surface area contributed by atoms with Crippen molar-refractivity contribution in [3.63, 3.8) is 0 Å². The molecule has 3 aliphatic carbocycles. The third kappa shape index (κ3) is 12.8. The van der Waals surface area contributed by atoms with Gasteiger partial charge in [0.05, 0.1) is 0 Å². The molecule has 29 heavy (non-hydrogen) atoms. The second kappa shape index (κ2) is 15.4. The maximum atomic E-state index is 3.65. The van der Waals surface area contributed by atoms with E-state index in [1.165, 1.54) is 29.6 Å². The Morgan fingerprint density at radius 1 is 0.621 bits per heavy atom. The van der Waals surface area contributed by atoms with Crippen LogP contribution in [-0.2, 0) is 26.2 Å². The minimum atomic E-state index is 0. The van der Waals surface area contributed by atoms with Gasteiger partial charge in [0.1, 0.15) is 0 Å². The zero-order valence-electron chi connectivity index (χ0n) is 18.0. The first kappa shape index (κ1) is 26.6. The van der Waals surface area contributed by atoms with Gasteiger partial charge < -0.3 is 6.08 Å². The van der Waals surface area contributed by atoms with Gasteiger partial charge in [-0.15, -0.1) is 36.1 Å². The van der Waals surface area contributed by atoms with Crippen LogP contribution in [0.3, 0.4) is 0 Å². The average Bonchev–Trinajstić information content (AvgIpc) is 3.42. The Morgan fingerprint density at radius 2 is 1.03 bits per heavy atom. The van der Waals surface area contributed by atoms with Gasteiger partial charge in [-0.1, -0.05) is 46.1 Å². The normalized spacial score (nSPS) is 21.6. The molecular weight excluding hydrogens is 428 g/mol. The predicted molar refractivity (Wildman–Crippen MR) is 120 cm³/mol. The molecule has 10 radical (unpaired) electrons. The zero-order chi connectivity index (χ0) is 20.1. The van der Waals surface area contributed by atoms with Gasteiger partial charge in [0.2, 0.25) is 0 Å². The molecule has 0 aromatic heterocycles. The van der Waals surface area contributed by atoms with Crippen molar-refractivity contribution in [3.8, 4) is 0 Å². The van der Waals surface area contributed by atoms with E-state index in [2.05, 4.69) is 63.3 Å². The minimum Gasteiger partial charge on any atom is -0.317 e. The van der Waals surface area contributed by atoms with Gasteiger partial charge in [-0.05, 0) is 64.2 Å². The fourth-order valence-corrected chi connectivity index (χ4v) is 2.97. The van der Waals surface area contributed by atoms with Gasteiger partial charge >= 0.3 is 26.2 Å². The molecule has 0 bridgehead atoms. The van der Waals surface area contributed by atoms with Crippen LogP contribution in [0.25, 0.3) is 0 Å². The minimum absolute atomic E-state index is 0. The molecule has 0 amide bonds. The van der Waals surface area contributed by atoms with E-state index in [0.29, 0.717) is 0 Å². The fraction of sp³-hybridized carbons (Fsp3) is 0.286. The molecular formula is C28H32Zr. The summed E-state index contributed by atoms with van der Waals surface area (Å²) in [4.78, 5) is 0. The monoisotopic (exact) mass is 458 g/mol. The van der Waals surface area contributed by atoms with E-state index in [9.17, 15) is 0 Å². The van der Waals surface area contributed by atoms with Gasteiger partial charge in [0.25, 0.3) is 0 Å². The number of allylic oxidation sites excluding steroid dienone is 3. The van der Waals surface area contributed by atoms with Crippen molar-refractivity contribution >= 4 is 0 Å². The molecule has 0 nitrogen and oxygen atoms in total. The van der Waals surface area contributed by atoms with Crippen molar-refractivity contribution in [1.29, 1.82) is 0 Å². The van der Waals surface area contributed by atoms with Crippen LogP contribution in [0.2, 0.25) is 0 Å². The molecule has 0 N–H and O–H groups in total. The molecule has 3 saturated carbocycles. The van der Waals surface area contributed by atoms with Crippen LogP contribution >= 0.6 is 0 Å². The van der Waals surface area contributed by atoms with Gasteiger partial charge in [-0.2, -0.15) is 5.56 Å². The summed E-state index contributed by atoms with van der Waals surface area (Å²) in [6, 6.07) is 10.4. The Kier molecular flexibility index (Phi) is 14.1. The third-order valence-electron chi connectivity index (χ3n) is 4.17. The van der Waals surface area contributed by atoms with E-state index in [0.717, 1.165) is 12.8 Å². The number of hydrogen-bond acceptors (Lipinski definition) is 0. The van der Waals surface area contributed by atoms with Crippen molar-refractivity contribution in [2.45, 2.75) is 46.5 Å². The molecule has 148 valence electrons. The zero-order valence-corrected chi connectivity index (χ0v) is 20.4. The van der Waals surface area contributed by atoms with E-state index in [1.54, 1.807) is 0 Å². The molecule has 0 atom stereocenters. The van der Waals surface area contributed by atoms with Crippen molar-refractivity contribution in [3.05, 3.63) is 123 Å². The molecule has 3 fully saturated rings. The second-order valence-electron chi connectivity index (χ2n) is 7.95. The van der Waals surface area contributed by atoms with E-state index >= 15 is 0 Å². The Morgan fingerprint density at radius 3 is 1.45 bits per heavy atom. The van der Waals surface area contributed by atoms with Crippen LogP contribution in [0.4, 0.5) is 0 Å². The summed E-state index contributed by atoms with van der Waals surface area (Å²) in [6.45, 7) is 6.65. The van der Waals surface area contributed by atoms with E-state index in [1.807, 2.05) is 64.2 Å². The van der Waals surface area contributed by atoms with E-state index < -0.39 is 0 Å². The summed E-state index contributed by atoms with van der Waals surface area (Å²) in [5, 5.41) is 0. The van der Waals surface area contributed by atoms with Crippen LogP contribution in [-0.4, -0.2) is 0 Å². The quantitative estimate of drug-likeness (QED) is 0.391. The third-order valence-corrected chi connectivity index (χ3v) is 4.17. The number of rotatable bonds is 1. The van der Waals surface area contributed by atoms with Crippen LogP contribution in [0.5, 0.6) is 0 Å². The van der Waals surface area contributed by atoms with Crippen molar-refractivity contribution in [1.82, 2.24) is 0 Å². The first-order valence-corrected chi connectivity index (χ1v) is 10.2. The summed E-state index contributed by atoms with van der Waals surface area (Å²) >= 11 is 0. The number of benzene rings is 1. The topological polar surface area (TPSA) is 0 Å². The Bertz CT molecular complexity index is 555. The Balaban J connectivity index is 0.000000311. The smallest absolute Gasteiger partial charge is 0.317 e. The molecule has 4 rings (SSSR count). The molecule has 0 spiro atoms. The van der Waals surface area contributed by atoms with Crippen molar-refractivity contribution < 1.29 is 26.2 Å². The van der Waals surface area contributed by atoms with Crippen molar-refractivity contribution in [2.24, 2.45) is 5.41 Å². The molecule has 0 saturated heterocycles. The summed E-state index contributed by atoms with van der Waals surface area (Å²) in [5.41, 5.74) is 4.07. The summed E-state index contributed by atoms with van der Waals surface area (Å²) in [6.07, 6.45) is 32.1. The van der Waals surface area contributed by atoms with Gasteiger partial charge in [-0.25, -0.2) is 6.08 Å². The molecule has 1 aromatic carbocycles. The largest absolute Gasteiger partial charge is 2.00 e. The van der Waals surface area contributed by atoms with E-state index in [4.69, 9.17) is 0 Å². The first-order chi connectivity index (χ1) is 13.5. The molecule has 1 heteroatoms. The SMILES string of the molecule is CC(C)(C)[C-]=C1CCCCC1=[C-]c1ccccc1.[CH]1[CH][CH][CH][CH]1.[CH]1[CH][CH][CH][CH]1.[Zr+2]. The maximum absolute atomic E-state index is 3.65.